The maximum Gasteiger partial charge on any atom is 0.137 e. The first-order chi connectivity index (χ1) is 9.06. The smallest absolute Gasteiger partial charge is 0.137 e. The first-order valence-corrected chi connectivity index (χ1v) is 6.43. The van der Waals surface area contributed by atoms with Gasteiger partial charge in [-0.3, -0.25) is 0 Å². The summed E-state index contributed by atoms with van der Waals surface area (Å²) < 4.78 is 5.78. The molecule has 0 atom stereocenters. The van der Waals surface area contributed by atoms with E-state index in [1.54, 1.807) is 19.2 Å². The highest BCUT2D eigenvalue weighted by Gasteiger charge is 2.11. The summed E-state index contributed by atoms with van der Waals surface area (Å²) >= 11 is 3.25. The van der Waals surface area contributed by atoms with Crippen LogP contribution in [0.25, 0.3) is 11.1 Å². The molecule has 0 spiro atoms. The molecule has 0 aliphatic carbocycles. The predicted octanol–water partition coefficient (Wildman–Crippen LogP) is 4.01. The summed E-state index contributed by atoms with van der Waals surface area (Å²) in [5, 5.41) is 19.1. The van der Waals surface area contributed by atoms with E-state index in [0.717, 1.165) is 16.9 Å². The lowest BCUT2D eigenvalue weighted by Gasteiger charge is -2.10. The fourth-order valence-corrected chi connectivity index (χ4v) is 2.33. The van der Waals surface area contributed by atoms with E-state index in [0.29, 0.717) is 15.6 Å². The molecule has 0 unspecified atom stereocenters. The average Bonchev–Trinajstić information content (AvgIpc) is 2.42. The van der Waals surface area contributed by atoms with Crippen LogP contribution in [-0.2, 0) is 0 Å². The number of nitrogens with zero attached hydrogens (tertiary/aromatic N) is 1. The van der Waals surface area contributed by atoms with Crippen molar-refractivity contribution in [2.45, 2.75) is 6.92 Å². The number of ether oxygens (including phenoxy) is 1. The number of nitriles is 1. The van der Waals surface area contributed by atoms with Crippen molar-refractivity contribution < 1.29 is 9.84 Å². The van der Waals surface area contributed by atoms with Gasteiger partial charge in [0.2, 0.25) is 0 Å². The van der Waals surface area contributed by atoms with E-state index in [1.807, 2.05) is 25.1 Å². The first-order valence-electron chi connectivity index (χ1n) is 5.64. The number of hydrogen-bond acceptors (Lipinski definition) is 3. The number of aryl methyl sites for hydroxylation is 1. The summed E-state index contributed by atoms with van der Waals surface area (Å²) in [4.78, 5) is 0. The average molecular weight is 318 g/mol. The molecule has 0 bridgehead atoms. The number of methoxy groups -OCH3 is 1. The van der Waals surface area contributed by atoms with Gasteiger partial charge in [0.05, 0.1) is 23.2 Å². The summed E-state index contributed by atoms with van der Waals surface area (Å²) in [6, 6.07) is 11.0. The Bertz CT molecular complexity index is 675. The second-order valence-corrected chi connectivity index (χ2v) is 5.00. The molecule has 0 aromatic heterocycles. The zero-order valence-electron chi connectivity index (χ0n) is 10.6. The minimum Gasteiger partial charge on any atom is -0.506 e. The molecular weight excluding hydrogens is 306 g/mol. The van der Waals surface area contributed by atoms with Gasteiger partial charge in [-0.1, -0.05) is 12.1 Å². The standard InChI is InChI=1S/C15H12BrNO2/c1-9-3-4-11(7-14(9)19-2)12-5-10(8-17)6-13(16)15(12)18/h3-7,18H,1-2H3. The van der Waals surface area contributed by atoms with E-state index in [-0.39, 0.29) is 5.75 Å². The Balaban J connectivity index is 2.65. The number of aromatic hydroxyl groups is 1. The minimum atomic E-state index is 0.116. The van der Waals surface area contributed by atoms with Crippen LogP contribution in [0.3, 0.4) is 0 Å². The van der Waals surface area contributed by atoms with Crippen LogP contribution in [0, 0.1) is 18.3 Å². The van der Waals surface area contributed by atoms with Gasteiger partial charge in [0.25, 0.3) is 0 Å². The second-order valence-electron chi connectivity index (χ2n) is 4.15. The lowest BCUT2D eigenvalue weighted by molar-refractivity contribution is 0.412. The molecule has 0 aliphatic heterocycles. The maximum atomic E-state index is 10.1. The van der Waals surface area contributed by atoms with Crippen LogP contribution in [0.1, 0.15) is 11.1 Å². The number of rotatable bonds is 2. The highest BCUT2D eigenvalue weighted by molar-refractivity contribution is 9.10. The monoisotopic (exact) mass is 317 g/mol. The zero-order valence-corrected chi connectivity index (χ0v) is 12.2. The molecule has 3 nitrogen and oxygen atoms in total. The van der Waals surface area contributed by atoms with Crippen LogP contribution in [0.5, 0.6) is 11.5 Å². The van der Waals surface area contributed by atoms with E-state index in [9.17, 15) is 5.11 Å². The van der Waals surface area contributed by atoms with Crippen molar-refractivity contribution in [1.29, 1.82) is 5.26 Å². The number of phenolic OH excluding ortho intramolecular Hbond substituents is 1. The van der Waals surface area contributed by atoms with Crippen molar-refractivity contribution in [3.8, 4) is 28.7 Å². The Morgan fingerprint density at radius 2 is 2.00 bits per heavy atom. The van der Waals surface area contributed by atoms with Crippen molar-refractivity contribution in [2.24, 2.45) is 0 Å². The normalized spacial score (nSPS) is 10.0. The zero-order chi connectivity index (χ0) is 14.0. The van der Waals surface area contributed by atoms with E-state index < -0.39 is 0 Å². The topological polar surface area (TPSA) is 53.2 Å². The molecule has 1 N–H and O–H groups in total. The van der Waals surface area contributed by atoms with Gasteiger partial charge in [0.15, 0.2) is 0 Å². The van der Waals surface area contributed by atoms with Crippen LogP contribution in [0.2, 0.25) is 0 Å². The number of phenols is 1. The summed E-state index contributed by atoms with van der Waals surface area (Å²) in [6.07, 6.45) is 0. The van der Waals surface area contributed by atoms with Gasteiger partial charge < -0.3 is 9.84 Å². The molecule has 0 fully saturated rings. The van der Waals surface area contributed by atoms with Gasteiger partial charge in [0, 0.05) is 5.56 Å². The molecule has 0 amide bonds. The van der Waals surface area contributed by atoms with Gasteiger partial charge >= 0.3 is 0 Å². The van der Waals surface area contributed by atoms with E-state index >= 15 is 0 Å². The molecule has 0 radical (unpaired) electrons. The summed E-state index contributed by atoms with van der Waals surface area (Å²) in [5.41, 5.74) is 2.91. The molecule has 2 rings (SSSR count). The second kappa shape index (κ2) is 5.33. The van der Waals surface area contributed by atoms with Crippen molar-refractivity contribution in [3.63, 3.8) is 0 Å². The van der Waals surface area contributed by atoms with Crippen LogP contribution in [0.15, 0.2) is 34.8 Å². The van der Waals surface area contributed by atoms with Crippen molar-refractivity contribution in [1.82, 2.24) is 0 Å². The molecule has 19 heavy (non-hydrogen) atoms. The van der Waals surface area contributed by atoms with Gasteiger partial charge in [-0.2, -0.15) is 5.26 Å². The third-order valence-electron chi connectivity index (χ3n) is 2.91. The molecule has 2 aromatic rings. The lowest BCUT2D eigenvalue weighted by Crippen LogP contribution is -1.89. The van der Waals surface area contributed by atoms with Crippen molar-refractivity contribution in [3.05, 3.63) is 45.9 Å². The third kappa shape index (κ3) is 2.56. The maximum absolute atomic E-state index is 10.1. The third-order valence-corrected chi connectivity index (χ3v) is 3.52. The molecule has 0 saturated heterocycles. The summed E-state index contributed by atoms with van der Waals surface area (Å²) in [6.45, 7) is 1.95. The van der Waals surface area contributed by atoms with Crippen molar-refractivity contribution >= 4 is 15.9 Å². The van der Waals surface area contributed by atoms with Crippen LogP contribution in [-0.4, -0.2) is 12.2 Å². The quantitative estimate of drug-likeness (QED) is 0.910. The van der Waals surface area contributed by atoms with Gasteiger partial charge in [-0.15, -0.1) is 0 Å². The van der Waals surface area contributed by atoms with Crippen LogP contribution >= 0.6 is 15.9 Å². The largest absolute Gasteiger partial charge is 0.506 e. The van der Waals surface area contributed by atoms with Gasteiger partial charge in [0.1, 0.15) is 11.5 Å². The van der Waals surface area contributed by atoms with E-state index in [2.05, 4.69) is 22.0 Å². The van der Waals surface area contributed by atoms with Gasteiger partial charge in [-0.25, -0.2) is 0 Å². The molecule has 0 heterocycles. The first kappa shape index (κ1) is 13.4. The van der Waals surface area contributed by atoms with Crippen LogP contribution in [0.4, 0.5) is 0 Å². The molecule has 2 aromatic carbocycles. The van der Waals surface area contributed by atoms with Crippen LogP contribution < -0.4 is 4.74 Å². The number of hydrogen-bond donors (Lipinski definition) is 1. The SMILES string of the molecule is COc1cc(-c2cc(C#N)cc(Br)c2O)ccc1C. The van der Waals surface area contributed by atoms with E-state index in [1.165, 1.54) is 0 Å². The Morgan fingerprint density at radius 1 is 1.26 bits per heavy atom. The summed E-state index contributed by atoms with van der Waals surface area (Å²) in [7, 11) is 1.60. The highest BCUT2D eigenvalue weighted by atomic mass is 79.9. The molecular formula is C15H12BrNO2. The molecule has 4 heteroatoms. The minimum absolute atomic E-state index is 0.116. The predicted molar refractivity (Wildman–Crippen MR) is 77.2 cm³/mol. The molecule has 0 aliphatic rings. The Hall–Kier alpha value is -1.99. The fourth-order valence-electron chi connectivity index (χ4n) is 1.87. The van der Waals surface area contributed by atoms with Gasteiger partial charge in [-0.05, 0) is 52.2 Å². The highest BCUT2D eigenvalue weighted by Crippen LogP contribution is 2.38. The summed E-state index contributed by atoms with van der Waals surface area (Å²) in [5.74, 6) is 0.861. The number of halogens is 1. The molecule has 96 valence electrons. The Morgan fingerprint density at radius 3 is 2.63 bits per heavy atom. The molecule has 0 saturated carbocycles. The van der Waals surface area contributed by atoms with Crippen molar-refractivity contribution in [2.75, 3.05) is 7.11 Å². The Labute approximate surface area is 120 Å². The fraction of sp³-hybridized carbons (Fsp3) is 0.133. The lowest BCUT2D eigenvalue weighted by atomic mass is 10.0. The Kier molecular flexibility index (Phi) is 3.77. The van der Waals surface area contributed by atoms with E-state index in [4.69, 9.17) is 10.00 Å². The number of benzene rings is 2.